The molecule has 1 aliphatic rings. The zero-order valence-electron chi connectivity index (χ0n) is 18.6. The lowest BCUT2D eigenvalue weighted by Crippen LogP contribution is -2.48. The lowest BCUT2D eigenvalue weighted by molar-refractivity contribution is 0.104. The number of hydrogen-bond acceptors (Lipinski definition) is 7. The largest absolute Gasteiger partial charge is 0.497 e. The highest BCUT2D eigenvalue weighted by molar-refractivity contribution is 5.44. The number of aromatic nitrogens is 4. The van der Waals surface area contributed by atoms with Gasteiger partial charge < -0.3 is 14.4 Å². The molecule has 0 unspecified atom stereocenters. The Balaban J connectivity index is 2.11. The fourth-order valence-corrected chi connectivity index (χ4v) is 3.84. The standard InChI is InChI=1S/C21H34N6O2/c1-7-21(3,4)27-20(22-23-24-27)19(26-13-11-25(8-2)12-14-26)17-15-16(28-5)9-10-18(17)29-6/h9-10,15,19H,7-8,11-14H2,1-6H3/t19-/m1/s1. The molecule has 1 atom stereocenters. The van der Waals surface area contributed by atoms with Crippen molar-refractivity contribution in [3.05, 3.63) is 29.6 Å². The molecule has 8 heteroatoms. The number of piperazine rings is 1. The van der Waals surface area contributed by atoms with Crippen molar-refractivity contribution < 1.29 is 9.47 Å². The summed E-state index contributed by atoms with van der Waals surface area (Å²) in [4.78, 5) is 4.92. The Morgan fingerprint density at radius 1 is 1.07 bits per heavy atom. The van der Waals surface area contributed by atoms with Gasteiger partial charge in [0.15, 0.2) is 5.82 Å². The van der Waals surface area contributed by atoms with Crippen LogP contribution < -0.4 is 9.47 Å². The average molecular weight is 403 g/mol. The van der Waals surface area contributed by atoms with E-state index in [1.165, 1.54) is 0 Å². The maximum Gasteiger partial charge on any atom is 0.173 e. The molecule has 2 aromatic rings. The highest BCUT2D eigenvalue weighted by atomic mass is 16.5. The fourth-order valence-electron chi connectivity index (χ4n) is 3.84. The summed E-state index contributed by atoms with van der Waals surface area (Å²) < 4.78 is 13.2. The maximum atomic E-state index is 5.74. The number of likely N-dealkylation sites (N-methyl/N-ethyl adjacent to an activating group) is 1. The first-order valence-corrected chi connectivity index (χ1v) is 10.4. The summed E-state index contributed by atoms with van der Waals surface area (Å²) in [6, 6.07) is 5.82. The molecule has 0 N–H and O–H groups in total. The zero-order valence-corrected chi connectivity index (χ0v) is 18.6. The zero-order chi connectivity index (χ0) is 21.0. The van der Waals surface area contributed by atoms with Crippen molar-refractivity contribution in [3.8, 4) is 11.5 Å². The van der Waals surface area contributed by atoms with Gasteiger partial charge in [0.05, 0.1) is 19.8 Å². The summed E-state index contributed by atoms with van der Waals surface area (Å²) in [6.45, 7) is 13.7. The normalized spacial score (nSPS) is 17.3. The topological polar surface area (TPSA) is 68.5 Å². The highest BCUT2D eigenvalue weighted by Gasteiger charge is 2.35. The number of methoxy groups -OCH3 is 2. The molecule has 0 aliphatic carbocycles. The molecular weight excluding hydrogens is 368 g/mol. The summed E-state index contributed by atoms with van der Waals surface area (Å²) in [5.74, 6) is 2.46. The van der Waals surface area contributed by atoms with Crippen molar-refractivity contribution in [1.82, 2.24) is 30.0 Å². The van der Waals surface area contributed by atoms with E-state index < -0.39 is 0 Å². The molecule has 0 amide bonds. The van der Waals surface area contributed by atoms with Gasteiger partial charge in [0.1, 0.15) is 17.5 Å². The summed E-state index contributed by atoms with van der Waals surface area (Å²) in [6.07, 6.45) is 0.927. The molecule has 160 valence electrons. The van der Waals surface area contributed by atoms with E-state index >= 15 is 0 Å². The second-order valence-corrected chi connectivity index (χ2v) is 8.10. The SMILES string of the molecule is CCN1CCN([C@H](c2cc(OC)ccc2OC)c2nnnn2C(C)(C)CC)CC1. The Hall–Kier alpha value is -2.19. The monoisotopic (exact) mass is 402 g/mol. The summed E-state index contributed by atoms with van der Waals surface area (Å²) in [5, 5.41) is 12.9. The molecule has 1 saturated heterocycles. The van der Waals surface area contributed by atoms with Gasteiger partial charge in [0, 0.05) is 31.7 Å². The Kier molecular flexibility index (Phi) is 6.74. The van der Waals surface area contributed by atoms with Crippen LogP contribution >= 0.6 is 0 Å². The van der Waals surface area contributed by atoms with Crippen molar-refractivity contribution >= 4 is 0 Å². The third-order valence-corrected chi connectivity index (χ3v) is 6.13. The van der Waals surface area contributed by atoms with Crippen molar-refractivity contribution in [3.63, 3.8) is 0 Å². The predicted molar refractivity (Wildman–Crippen MR) is 113 cm³/mol. The number of ether oxygens (including phenoxy) is 2. The van der Waals surface area contributed by atoms with Gasteiger partial charge in [-0.05, 0) is 55.4 Å². The van der Waals surface area contributed by atoms with E-state index in [1.54, 1.807) is 14.2 Å². The maximum absolute atomic E-state index is 5.74. The molecule has 3 rings (SSSR count). The second-order valence-electron chi connectivity index (χ2n) is 8.10. The summed E-state index contributed by atoms with van der Waals surface area (Å²) in [7, 11) is 3.39. The number of hydrogen-bond donors (Lipinski definition) is 0. The van der Waals surface area contributed by atoms with Crippen molar-refractivity contribution in [1.29, 1.82) is 0 Å². The van der Waals surface area contributed by atoms with Crippen molar-refractivity contribution in [2.75, 3.05) is 46.9 Å². The number of tetrazole rings is 1. The molecule has 29 heavy (non-hydrogen) atoms. The number of rotatable bonds is 8. The van der Waals surface area contributed by atoms with E-state index in [2.05, 4.69) is 53.0 Å². The van der Waals surface area contributed by atoms with Gasteiger partial charge in [0.2, 0.25) is 0 Å². The molecule has 0 saturated carbocycles. The van der Waals surface area contributed by atoms with Crippen molar-refractivity contribution in [2.45, 2.75) is 45.7 Å². The van der Waals surface area contributed by atoms with E-state index in [0.717, 1.165) is 62.0 Å². The molecule has 2 heterocycles. The molecule has 1 aromatic heterocycles. The first-order chi connectivity index (χ1) is 13.9. The molecular formula is C21H34N6O2. The minimum Gasteiger partial charge on any atom is -0.497 e. The Morgan fingerprint density at radius 3 is 2.38 bits per heavy atom. The Bertz CT molecular complexity index is 798. The lowest BCUT2D eigenvalue weighted by Gasteiger charge is -2.39. The highest BCUT2D eigenvalue weighted by Crippen LogP contribution is 2.38. The smallest absolute Gasteiger partial charge is 0.173 e. The van der Waals surface area contributed by atoms with E-state index in [0.29, 0.717) is 0 Å². The number of nitrogens with zero attached hydrogens (tertiary/aromatic N) is 6. The van der Waals surface area contributed by atoms with Gasteiger partial charge in [0.25, 0.3) is 0 Å². The first kappa shape index (κ1) is 21.5. The third kappa shape index (κ3) is 4.38. The van der Waals surface area contributed by atoms with Crippen LogP contribution in [-0.4, -0.2) is 77.0 Å². The molecule has 0 bridgehead atoms. The lowest BCUT2D eigenvalue weighted by atomic mass is 9.98. The first-order valence-electron chi connectivity index (χ1n) is 10.4. The van der Waals surface area contributed by atoms with Gasteiger partial charge >= 0.3 is 0 Å². The molecule has 1 aromatic carbocycles. The average Bonchev–Trinajstić information content (AvgIpc) is 3.24. The van der Waals surface area contributed by atoms with Gasteiger partial charge in [-0.1, -0.05) is 13.8 Å². The van der Waals surface area contributed by atoms with Crippen LogP contribution in [0.1, 0.15) is 51.5 Å². The number of benzene rings is 1. The minimum atomic E-state index is -0.186. The minimum absolute atomic E-state index is 0.111. The molecule has 1 aliphatic heterocycles. The van der Waals surface area contributed by atoms with E-state index in [-0.39, 0.29) is 11.6 Å². The van der Waals surface area contributed by atoms with E-state index in [4.69, 9.17) is 9.47 Å². The summed E-state index contributed by atoms with van der Waals surface area (Å²) >= 11 is 0. The quantitative estimate of drug-likeness (QED) is 0.672. The van der Waals surface area contributed by atoms with Gasteiger partial charge in [-0.15, -0.1) is 5.10 Å². The van der Waals surface area contributed by atoms with Crippen LogP contribution in [0.25, 0.3) is 0 Å². The van der Waals surface area contributed by atoms with Crippen LogP contribution in [0.3, 0.4) is 0 Å². The molecule has 0 spiro atoms. The van der Waals surface area contributed by atoms with Gasteiger partial charge in [-0.3, -0.25) is 4.90 Å². The Labute approximate surface area is 173 Å². The van der Waals surface area contributed by atoms with Crippen LogP contribution in [-0.2, 0) is 5.54 Å². The molecule has 0 radical (unpaired) electrons. The van der Waals surface area contributed by atoms with E-state index in [9.17, 15) is 0 Å². The predicted octanol–water partition coefficient (Wildman–Crippen LogP) is 2.56. The molecule has 8 nitrogen and oxygen atoms in total. The van der Waals surface area contributed by atoms with Crippen LogP contribution in [0.15, 0.2) is 18.2 Å². The van der Waals surface area contributed by atoms with Crippen LogP contribution in [0, 0.1) is 0 Å². The fraction of sp³-hybridized carbons (Fsp3) is 0.667. The Morgan fingerprint density at radius 2 is 1.79 bits per heavy atom. The van der Waals surface area contributed by atoms with Crippen LogP contribution in [0.5, 0.6) is 11.5 Å². The third-order valence-electron chi connectivity index (χ3n) is 6.13. The molecule has 1 fully saturated rings. The van der Waals surface area contributed by atoms with Crippen LogP contribution in [0.2, 0.25) is 0 Å². The van der Waals surface area contributed by atoms with Crippen LogP contribution in [0.4, 0.5) is 0 Å². The van der Waals surface area contributed by atoms with Gasteiger partial charge in [-0.2, -0.15) is 0 Å². The van der Waals surface area contributed by atoms with E-state index in [1.807, 2.05) is 22.9 Å². The summed E-state index contributed by atoms with van der Waals surface area (Å²) in [5.41, 5.74) is 0.841. The second kappa shape index (κ2) is 9.09. The van der Waals surface area contributed by atoms with Crippen molar-refractivity contribution in [2.24, 2.45) is 0 Å². The van der Waals surface area contributed by atoms with Gasteiger partial charge in [-0.25, -0.2) is 4.68 Å².